The first kappa shape index (κ1) is 13.7. The van der Waals surface area contributed by atoms with E-state index in [2.05, 4.69) is 21.2 Å². The smallest absolute Gasteiger partial charge is 0.252 e. The van der Waals surface area contributed by atoms with Gasteiger partial charge in [0.25, 0.3) is 5.91 Å². The van der Waals surface area contributed by atoms with Gasteiger partial charge >= 0.3 is 0 Å². The minimum absolute atomic E-state index is 0.0299. The van der Waals surface area contributed by atoms with Gasteiger partial charge < -0.3 is 10.1 Å². The maximum absolute atomic E-state index is 12.2. The molecule has 98 valence electrons. The molecular weight excluding hydrogens is 314 g/mol. The second kappa shape index (κ2) is 6.48. The normalized spacial score (nSPS) is 16.3. The van der Waals surface area contributed by atoms with Crippen LogP contribution in [0.5, 0.6) is 5.75 Å². The number of benzene rings is 1. The molecule has 0 aromatic heterocycles. The standard InChI is InChI=1S/C13H16BrNO2S/c1-17-10-2-3-12(14)11(8-10)13(16)15-9-4-6-18-7-5-9/h2-3,8-9H,4-7H2,1H3,(H,15,16). The number of ether oxygens (including phenoxy) is 1. The third-order valence-corrected chi connectivity index (χ3v) is 4.71. The minimum atomic E-state index is -0.0299. The number of methoxy groups -OCH3 is 1. The largest absolute Gasteiger partial charge is 0.497 e. The fraction of sp³-hybridized carbons (Fsp3) is 0.462. The van der Waals surface area contributed by atoms with E-state index < -0.39 is 0 Å². The molecule has 0 saturated carbocycles. The van der Waals surface area contributed by atoms with Crippen LogP contribution in [0.2, 0.25) is 0 Å². The van der Waals surface area contributed by atoms with Gasteiger partial charge in [0.05, 0.1) is 12.7 Å². The van der Waals surface area contributed by atoms with Crippen LogP contribution in [0, 0.1) is 0 Å². The molecule has 5 heteroatoms. The van der Waals surface area contributed by atoms with Crippen molar-refractivity contribution in [3.8, 4) is 5.75 Å². The number of carbonyl (C=O) groups is 1. The molecule has 0 unspecified atom stereocenters. The number of rotatable bonds is 3. The summed E-state index contributed by atoms with van der Waals surface area (Å²) >= 11 is 5.35. The fourth-order valence-electron chi connectivity index (χ4n) is 1.91. The molecule has 0 spiro atoms. The third kappa shape index (κ3) is 3.42. The highest BCUT2D eigenvalue weighted by atomic mass is 79.9. The van der Waals surface area contributed by atoms with Crippen molar-refractivity contribution in [2.75, 3.05) is 18.6 Å². The molecule has 1 N–H and O–H groups in total. The Bertz CT molecular complexity index is 433. The molecule has 2 rings (SSSR count). The number of carbonyl (C=O) groups excluding carboxylic acids is 1. The van der Waals surface area contributed by atoms with Gasteiger partial charge in [0, 0.05) is 10.5 Å². The lowest BCUT2D eigenvalue weighted by Crippen LogP contribution is -2.37. The topological polar surface area (TPSA) is 38.3 Å². The zero-order valence-electron chi connectivity index (χ0n) is 10.2. The summed E-state index contributed by atoms with van der Waals surface area (Å²) in [5, 5.41) is 3.09. The van der Waals surface area contributed by atoms with Crippen LogP contribution in [0.3, 0.4) is 0 Å². The third-order valence-electron chi connectivity index (χ3n) is 2.97. The molecule has 1 aliphatic rings. The van der Waals surface area contributed by atoms with Crippen molar-refractivity contribution in [3.63, 3.8) is 0 Å². The molecule has 3 nitrogen and oxygen atoms in total. The zero-order chi connectivity index (χ0) is 13.0. The van der Waals surface area contributed by atoms with Crippen molar-refractivity contribution >= 4 is 33.6 Å². The Morgan fingerprint density at radius 1 is 1.44 bits per heavy atom. The van der Waals surface area contributed by atoms with Gasteiger partial charge in [-0.1, -0.05) is 0 Å². The van der Waals surface area contributed by atoms with E-state index in [9.17, 15) is 4.79 Å². The molecule has 1 aromatic carbocycles. The van der Waals surface area contributed by atoms with Crippen LogP contribution < -0.4 is 10.1 Å². The van der Waals surface area contributed by atoms with Crippen LogP contribution in [0.25, 0.3) is 0 Å². The van der Waals surface area contributed by atoms with Crippen LogP contribution >= 0.6 is 27.7 Å². The van der Waals surface area contributed by atoms with E-state index in [1.807, 2.05) is 23.9 Å². The summed E-state index contributed by atoms with van der Waals surface area (Å²) < 4.78 is 5.94. The van der Waals surface area contributed by atoms with E-state index in [0.717, 1.165) is 28.8 Å². The number of amides is 1. The predicted octanol–water partition coefficient (Wildman–Crippen LogP) is 3.08. The highest BCUT2D eigenvalue weighted by molar-refractivity contribution is 9.10. The first-order valence-electron chi connectivity index (χ1n) is 5.93. The number of halogens is 1. The Balaban J connectivity index is 2.07. The summed E-state index contributed by atoms with van der Waals surface area (Å²) in [6, 6.07) is 5.73. The highest BCUT2D eigenvalue weighted by Gasteiger charge is 2.18. The maximum atomic E-state index is 12.2. The van der Waals surface area contributed by atoms with E-state index in [-0.39, 0.29) is 5.91 Å². The van der Waals surface area contributed by atoms with Gasteiger partial charge in [-0.3, -0.25) is 4.79 Å². The Morgan fingerprint density at radius 3 is 2.83 bits per heavy atom. The molecule has 18 heavy (non-hydrogen) atoms. The average Bonchev–Trinajstić information content (AvgIpc) is 2.40. The summed E-state index contributed by atoms with van der Waals surface area (Å²) in [7, 11) is 1.60. The quantitative estimate of drug-likeness (QED) is 0.926. The van der Waals surface area contributed by atoms with E-state index in [4.69, 9.17) is 4.74 Å². The van der Waals surface area contributed by atoms with Crippen molar-refractivity contribution in [2.45, 2.75) is 18.9 Å². The summed E-state index contributed by atoms with van der Waals surface area (Å²) in [5.74, 6) is 2.93. The van der Waals surface area contributed by atoms with E-state index >= 15 is 0 Å². The molecule has 0 atom stereocenters. The second-order valence-electron chi connectivity index (χ2n) is 4.21. The van der Waals surface area contributed by atoms with E-state index in [0.29, 0.717) is 17.4 Å². The molecule has 0 aliphatic carbocycles. The van der Waals surface area contributed by atoms with Gasteiger partial charge in [-0.2, -0.15) is 11.8 Å². The molecule has 1 fully saturated rings. The van der Waals surface area contributed by atoms with E-state index in [1.165, 1.54) is 0 Å². The number of thioether (sulfide) groups is 1. The molecular formula is C13H16BrNO2S. The zero-order valence-corrected chi connectivity index (χ0v) is 12.6. The number of hydrogen-bond donors (Lipinski definition) is 1. The minimum Gasteiger partial charge on any atom is -0.497 e. The predicted molar refractivity (Wildman–Crippen MR) is 78.5 cm³/mol. The van der Waals surface area contributed by atoms with Crippen molar-refractivity contribution in [1.82, 2.24) is 5.32 Å². The Morgan fingerprint density at radius 2 is 2.17 bits per heavy atom. The average molecular weight is 330 g/mol. The van der Waals surface area contributed by atoms with E-state index in [1.54, 1.807) is 13.2 Å². The molecule has 0 radical (unpaired) electrons. The van der Waals surface area contributed by atoms with Crippen molar-refractivity contribution in [2.24, 2.45) is 0 Å². The van der Waals surface area contributed by atoms with Gasteiger partial charge in [-0.05, 0) is 58.5 Å². The van der Waals surface area contributed by atoms with Crippen LogP contribution in [0.4, 0.5) is 0 Å². The lowest BCUT2D eigenvalue weighted by molar-refractivity contribution is 0.0933. The van der Waals surface area contributed by atoms with Gasteiger partial charge in [-0.25, -0.2) is 0 Å². The van der Waals surface area contributed by atoms with Crippen molar-refractivity contribution < 1.29 is 9.53 Å². The second-order valence-corrected chi connectivity index (χ2v) is 6.28. The summed E-state index contributed by atoms with van der Waals surface area (Å²) in [5.41, 5.74) is 0.632. The lowest BCUT2D eigenvalue weighted by atomic mass is 10.1. The Kier molecular flexibility index (Phi) is 4.95. The molecule has 1 saturated heterocycles. The first-order chi connectivity index (χ1) is 8.70. The number of hydrogen-bond acceptors (Lipinski definition) is 3. The van der Waals surface area contributed by atoms with Crippen molar-refractivity contribution in [1.29, 1.82) is 0 Å². The van der Waals surface area contributed by atoms with Gasteiger partial charge in [0.15, 0.2) is 0 Å². The Labute approximate surface area is 120 Å². The molecule has 1 aliphatic heterocycles. The fourth-order valence-corrected chi connectivity index (χ4v) is 3.44. The SMILES string of the molecule is COc1ccc(Br)c(C(=O)NC2CCSCC2)c1. The molecule has 0 bridgehead atoms. The van der Waals surface area contributed by atoms with Crippen molar-refractivity contribution in [3.05, 3.63) is 28.2 Å². The van der Waals surface area contributed by atoms with Gasteiger partial charge in [0.1, 0.15) is 5.75 Å². The number of nitrogens with one attached hydrogen (secondary N) is 1. The van der Waals surface area contributed by atoms with Gasteiger partial charge in [0.2, 0.25) is 0 Å². The first-order valence-corrected chi connectivity index (χ1v) is 7.87. The summed E-state index contributed by atoms with van der Waals surface area (Å²) in [6.45, 7) is 0. The van der Waals surface area contributed by atoms with Crippen LogP contribution in [0.1, 0.15) is 23.2 Å². The summed E-state index contributed by atoms with van der Waals surface area (Å²) in [4.78, 5) is 12.2. The Hall–Kier alpha value is -0.680. The molecule has 1 amide bonds. The maximum Gasteiger partial charge on any atom is 0.252 e. The highest BCUT2D eigenvalue weighted by Crippen LogP contribution is 2.23. The molecule has 1 aromatic rings. The van der Waals surface area contributed by atoms with Gasteiger partial charge in [-0.15, -0.1) is 0 Å². The van der Waals surface area contributed by atoms with Crippen LogP contribution in [0.15, 0.2) is 22.7 Å². The van der Waals surface area contributed by atoms with Crippen LogP contribution in [-0.4, -0.2) is 30.6 Å². The van der Waals surface area contributed by atoms with Crippen LogP contribution in [-0.2, 0) is 0 Å². The monoisotopic (exact) mass is 329 g/mol. The molecule has 1 heterocycles. The lowest BCUT2D eigenvalue weighted by Gasteiger charge is -2.22. The summed E-state index contributed by atoms with van der Waals surface area (Å²) in [6.07, 6.45) is 2.11.